The summed E-state index contributed by atoms with van der Waals surface area (Å²) in [5, 5.41) is 4.41. The minimum absolute atomic E-state index is 0.245. The third-order valence-electron chi connectivity index (χ3n) is 3.27. The Kier molecular flexibility index (Phi) is 4.66. The number of aryl methyl sites for hydroxylation is 2. The van der Waals surface area contributed by atoms with Crippen molar-refractivity contribution in [3.63, 3.8) is 0 Å². The zero-order valence-electron chi connectivity index (χ0n) is 12.5. The number of nitrogens with two attached hydrogens (primary N) is 1. The molecule has 1 aromatic heterocycles. The molecule has 0 aliphatic rings. The van der Waals surface area contributed by atoms with Crippen LogP contribution < -0.4 is 10.5 Å². The van der Waals surface area contributed by atoms with Gasteiger partial charge >= 0.3 is 0 Å². The highest BCUT2D eigenvalue weighted by molar-refractivity contribution is 5.52. The highest BCUT2D eigenvalue weighted by atomic mass is 16.5. The third-order valence-corrected chi connectivity index (χ3v) is 3.27. The molecule has 0 bridgehead atoms. The van der Waals surface area contributed by atoms with Crippen LogP contribution in [-0.4, -0.2) is 16.4 Å². The number of hydrogen-bond donors (Lipinski definition) is 1. The summed E-state index contributed by atoms with van der Waals surface area (Å²) in [5.74, 6) is 0.700. The molecule has 2 N–H and O–H groups in total. The van der Waals surface area contributed by atoms with Crippen LogP contribution in [0, 0.1) is 6.92 Å². The lowest BCUT2D eigenvalue weighted by atomic mass is 10.1. The molecule has 4 heteroatoms. The van der Waals surface area contributed by atoms with E-state index in [1.165, 1.54) is 5.56 Å². The van der Waals surface area contributed by atoms with Crippen LogP contribution in [0.15, 0.2) is 30.3 Å². The maximum Gasteiger partial charge on any atom is 0.236 e. The van der Waals surface area contributed by atoms with Crippen LogP contribution >= 0.6 is 0 Å². The third kappa shape index (κ3) is 3.32. The van der Waals surface area contributed by atoms with Gasteiger partial charge in [-0.05, 0) is 39.2 Å². The molecule has 0 spiro atoms. The molecular formula is C16H23N3O. The maximum absolute atomic E-state index is 6.03. The molecule has 20 heavy (non-hydrogen) atoms. The van der Waals surface area contributed by atoms with E-state index >= 15 is 0 Å². The van der Waals surface area contributed by atoms with Crippen LogP contribution in [0.4, 0.5) is 5.69 Å². The number of anilines is 1. The van der Waals surface area contributed by atoms with Gasteiger partial charge in [0.2, 0.25) is 5.88 Å². The highest BCUT2D eigenvalue weighted by Crippen LogP contribution is 2.28. The zero-order valence-corrected chi connectivity index (χ0v) is 12.5. The van der Waals surface area contributed by atoms with Gasteiger partial charge in [0.05, 0.1) is 18.3 Å². The molecule has 0 saturated heterocycles. The fourth-order valence-electron chi connectivity index (χ4n) is 2.12. The first-order valence-corrected chi connectivity index (χ1v) is 7.11. The van der Waals surface area contributed by atoms with E-state index in [1.54, 1.807) is 0 Å². The number of ether oxygens (including phenoxy) is 1. The lowest BCUT2D eigenvalue weighted by Gasteiger charge is -2.12. The van der Waals surface area contributed by atoms with Gasteiger partial charge in [0.25, 0.3) is 0 Å². The molecule has 0 fully saturated rings. The first kappa shape index (κ1) is 14.4. The van der Waals surface area contributed by atoms with Crippen molar-refractivity contribution in [3.05, 3.63) is 41.6 Å². The fraction of sp³-hybridized carbons (Fsp3) is 0.438. The highest BCUT2D eigenvalue weighted by Gasteiger charge is 2.15. The van der Waals surface area contributed by atoms with Crippen molar-refractivity contribution in [3.8, 4) is 5.88 Å². The van der Waals surface area contributed by atoms with Gasteiger partial charge in [-0.1, -0.05) is 30.3 Å². The van der Waals surface area contributed by atoms with Crippen LogP contribution in [0.2, 0.25) is 0 Å². The number of rotatable bonds is 6. The van der Waals surface area contributed by atoms with Crippen molar-refractivity contribution in [2.24, 2.45) is 0 Å². The summed E-state index contributed by atoms with van der Waals surface area (Å²) in [5.41, 5.74) is 8.84. The Balaban J connectivity index is 1.91. The molecule has 0 radical (unpaired) electrons. The van der Waals surface area contributed by atoms with Crippen molar-refractivity contribution < 1.29 is 4.74 Å². The van der Waals surface area contributed by atoms with Crippen LogP contribution in [-0.2, 0) is 6.42 Å². The SMILES string of the molecule is Cc1nn(C(C)C)c(OCCCc2ccccc2)c1N. The molecule has 0 aliphatic carbocycles. The molecule has 2 aromatic rings. The Bertz CT molecular complexity index is 546. The van der Waals surface area contributed by atoms with E-state index in [0.717, 1.165) is 18.5 Å². The normalized spacial score (nSPS) is 11.0. The molecule has 1 heterocycles. The largest absolute Gasteiger partial charge is 0.476 e. The number of nitrogen functional groups attached to an aromatic ring is 1. The Labute approximate surface area is 120 Å². The standard InChI is InChI=1S/C16H23N3O/c1-12(2)19-16(15(17)13(3)18-19)20-11-7-10-14-8-5-4-6-9-14/h4-6,8-9,12H,7,10-11,17H2,1-3H3. The summed E-state index contributed by atoms with van der Waals surface area (Å²) >= 11 is 0. The van der Waals surface area contributed by atoms with Gasteiger partial charge in [0.1, 0.15) is 5.69 Å². The van der Waals surface area contributed by atoms with E-state index in [0.29, 0.717) is 18.2 Å². The number of hydrogen-bond acceptors (Lipinski definition) is 3. The summed E-state index contributed by atoms with van der Waals surface area (Å²) in [6, 6.07) is 10.7. The number of benzene rings is 1. The van der Waals surface area contributed by atoms with E-state index in [4.69, 9.17) is 10.5 Å². The topological polar surface area (TPSA) is 53.1 Å². The van der Waals surface area contributed by atoms with E-state index < -0.39 is 0 Å². The molecule has 0 atom stereocenters. The van der Waals surface area contributed by atoms with Crippen LogP contribution in [0.5, 0.6) is 5.88 Å². The molecule has 2 rings (SSSR count). The lowest BCUT2D eigenvalue weighted by molar-refractivity contribution is 0.272. The zero-order chi connectivity index (χ0) is 14.5. The fourth-order valence-corrected chi connectivity index (χ4v) is 2.12. The molecule has 0 aliphatic heterocycles. The van der Waals surface area contributed by atoms with Gasteiger partial charge in [-0.2, -0.15) is 5.10 Å². The van der Waals surface area contributed by atoms with Gasteiger partial charge < -0.3 is 10.5 Å². The first-order chi connectivity index (χ1) is 9.59. The Hall–Kier alpha value is -1.97. The molecule has 1 aromatic carbocycles. The molecule has 0 amide bonds. The summed E-state index contributed by atoms with van der Waals surface area (Å²) in [4.78, 5) is 0. The van der Waals surface area contributed by atoms with Crippen molar-refractivity contribution in [1.29, 1.82) is 0 Å². The minimum atomic E-state index is 0.245. The average molecular weight is 273 g/mol. The molecule has 0 saturated carbocycles. The second-order valence-electron chi connectivity index (χ2n) is 5.28. The van der Waals surface area contributed by atoms with Crippen LogP contribution in [0.3, 0.4) is 0 Å². The van der Waals surface area contributed by atoms with Gasteiger partial charge in [-0.15, -0.1) is 0 Å². The van der Waals surface area contributed by atoms with Crippen molar-refractivity contribution >= 4 is 5.69 Å². The number of aromatic nitrogens is 2. The second kappa shape index (κ2) is 6.46. The Morgan fingerprint density at radius 1 is 1.25 bits per heavy atom. The van der Waals surface area contributed by atoms with Crippen molar-refractivity contribution in [1.82, 2.24) is 9.78 Å². The molecular weight excluding hydrogens is 250 g/mol. The Morgan fingerprint density at radius 3 is 2.60 bits per heavy atom. The predicted molar refractivity (Wildman–Crippen MR) is 82.0 cm³/mol. The minimum Gasteiger partial charge on any atom is -0.476 e. The summed E-state index contributed by atoms with van der Waals surface area (Å²) < 4.78 is 7.70. The van der Waals surface area contributed by atoms with E-state index in [-0.39, 0.29) is 6.04 Å². The summed E-state index contributed by atoms with van der Waals surface area (Å²) in [6.45, 7) is 6.70. The van der Waals surface area contributed by atoms with E-state index in [2.05, 4.69) is 43.2 Å². The maximum atomic E-state index is 6.03. The first-order valence-electron chi connectivity index (χ1n) is 7.11. The van der Waals surface area contributed by atoms with Crippen LogP contribution in [0.25, 0.3) is 0 Å². The quantitative estimate of drug-likeness (QED) is 0.821. The van der Waals surface area contributed by atoms with Gasteiger partial charge in [-0.25, -0.2) is 4.68 Å². The summed E-state index contributed by atoms with van der Waals surface area (Å²) in [6.07, 6.45) is 1.97. The van der Waals surface area contributed by atoms with Gasteiger partial charge in [0, 0.05) is 0 Å². The lowest BCUT2D eigenvalue weighted by Crippen LogP contribution is -2.09. The van der Waals surface area contributed by atoms with Crippen LogP contribution in [0.1, 0.15) is 37.6 Å². The average Bonchev–Trinajstić information content (AvgIpc) is 2.73. The smallest absolute Gasteiger partial charge is 0.236 e. The predicted octanol–water partition coefficient (Wildman–Crippen LogP) is 3.37. The van der Waals surface area contributed by atoms with Gasteiger partial charge in [0.15, 0.2) is 0 Å². The monoisotopic (exact) mass is 273 g/mol. The summed E-state index contributed by atoms with van der Waals surface area (Å²) in [7, 11) is 0. The van der Waals surface area contributed by atoms with Gasteiger partial charge in [-0.3, -0.25) is 0 Å². The van der Waals surface area contributed by atoms with E-state index in [1.807, 2.05) is 17.7 Å². The molecule has 108 valence electrons. The van der Waals surface area contributed by atoms with Crippen molar-refractivity contribution in [2.45, 2.75) is 39.7 Å². The second-order valence-corrected chi connectivity index (χ2v) is 5.28. The molecule has 4 nitrogen and oxygen atoms in total. The van der Waals surface area contributed by atoms with Crippen molar-refractivity contribution in [2.75, 3.05) is 12.3 Å². The Morgan fingerprint density at radius 2 is 1.95 bits per heavy atom. The van der Waals surface area contributed by atoms with E-state index in [9.17, 15) is 0 Å². The number of nitrogens with zero attached hydrogens (tertiary/aromatic N) is 2. The molecule has 0 unspecified atom stereocenters.